The lowest BCUT2D eigenvalue weighted by Crippen LogP contribution is -2.25. The van der Waals surface area contributed by atoms with Gasteiger partial charge in [0.1, 0.15) is 17.4 Å². The third kappa shape index (κ3) is 3.35. The van der Waals surface area contributed by atoms with Gasteiger partial charge in [-0.1, -0.05) is 6.92 Å². The van der Waals surface area contributed by atoms with Gasteiger partial charge in [-0.2, -0.15) is 0 Å². The molecule has 0 saturated carbocycles. The second kappa shape index (κ2) is 5.56. The molecule has 1 unspecified atom stereocenters. The first-order valence-corrected chi connectivity index (χ1v) is 7.19. The third-order valence-corrected chi connectivity index (χ3v) is 4.98. The van der Waals surface area contributed by atoms with Crippen LogP contribution in [0.2, 0.25) is 0 Å². The van der Waals surface area contributed by atoms with Gasteiger partial charge in [0.25, 0.3) is 0 Å². The van der Waals surface area contributed by atoms with E-state index in [9.17, 15) is 22.0 Å². The third-order valence-electron chi connectivity index (χ3n) is 2.75. The maximum absolute atomic E-state index is 13.3. The van der Waals surface area contributed by atoms with E-state index in [0.717, 1.165) is 12.1 Å². The molecule has 0 heterocycles. The molecular formula is C12H14F2O3S. The summed E-state index contributed by atoms with van der Waals surface area (Å²) >= 11 is 0. The average molecular weight is 276 g/mol. The van der Waals surface area contributed by atoms with Crippen molar-refractivity contribution in [2.75, 3.05) is 5.75 Å². The number of sulfone groups is 1. The molecule has 1 aromatic rings. The zero-order chi connectivity index (χ0) is 13.9. The van der Waals surface area contributed by atoms with Crippen molar-refractivity contribution >= 4 is 15.6 Å². The van der Waals surface area contributed by atoms with Gasteiger partial charge in [-0.05, 0) is 25.5 Å². The molecule has 1 atom stereocenters. The van der Waals surface area contributed by atoms with E-state index in [0.29, 0.717) is 12.5 Å². The van der Waals surface area contributed by atoms with Gasteiger partial charge in [0.05, 0.1) is 10.8 Å². The highest BCUT2D eigenvalue weighted by atomic mass is 32.2. The van der Waals surface area contributed by atoms with E-state index in [1.807, 2.05) is 0 Å². The molecule has 1 aromatic carbocycles. The Morgan fingerprint density at radius 2 is 1.94 bits per heavy atom. The summed E-state index contributed by atoms with van der Waals surface area (Å²) in [6, 6.07) is 2.44. The Labute approximate surface area is 105 Å². The molecule has 0 radical (unpaired) electrons. The highest BCUT2D eigenvalue weighted by Crippen LogP contribution is 2.13. The summed E-state index contributed by atoms with van der Waals surface area (Å²) in [6.45, 7) is 3.18. The van der Waals surface area contributed by atoms with Gasteiger partial charge in [-0.25, -0.2) is 17.2 Å². The molecule has 0 bridgehead atoms. The molecule has 0 aliphatic heterocycles. The average Bonchev–Trinajstić information content (AvgIpc) is 2.26. The van der Waals surface area contributed by atoms with Crippen LogP contribution in [0, 0.1) is 11.6 Å². The van der Waals surface area contributed by atoms with Gasteiger partial charge < -0.3 is 0 Å². The fraction of sp³-hybridized carbons (Fsp3) is 0.417. The smallest absolute Gasteiger partial charge is 0.180 e. The van der Waals surface area contributed by atoms with E-state index >= 15 is 0 Å². The highest BCUT2D eigenvalue weighted by Gasteiger charge is 2.25. The largest absolute Gasteiger partial charge is 0.293 e. The maximum Gasteiger partial charge on any atom is 0.180 e. The number of benzene rings is 1. The Morgan fingerprint density at radius 1 is 1.33 bits per heavy atom. The second-order valence-corrected chi connectivity index (χ2v) is 6.49. The van der Waals surface area contributed by atoms with Crippen molar-refractivity contribution in [3.8, 4) is 0 Å². The summed E-state index contributed by atoms with van der Waals surface area (Å²) in [5, 5.41) is -0.662. The predicted octanol–water partition coefficient (Wildman–Crippen LogP) is 2.36. The normalized spacial score (nSPS) is 13.3. The van der Waals surface area contributed by atoms with Crippen molar-refractivity contribution in [1.29, 1.82) is 0 Å². The lowest BCUT2D eigenvalue weighted by molar-refractivity contribution is 0.101. The number of Topliss-reactive ketones (excluding diaryl/α,β-unsaturated/α-hetero) is 1. The summed E-state index contributed by atoms with van der Waals surface area (Å²) in [4.78, 5) is 11.7. The molecule has 0 aromatic heterocycles. The molecule has 100 valence electrons. The van der Waals surface area contributed by atoms with Crippen LogP contribution in [0.3, 0.4) is 0 Å². The van der Waals surface area contributed by atoms with Crippen molar-refractivity contribution in [1.82, 2.24) is 0 Å². The molecule has 0 aliphatic rings. The van der Waals surface area contributed by atoms with Crippen molar-refractivity contribution in [2.24, 2.45) is 0 Å². The molecule has 1 rings (SSSR count). The zero-order valence-corrected chi connectivity index (χ0v) is 10.9. The quantitative estimate of drug-likeness (QED) is 0.776. The van der Waals surface area contributed by atoms with E-state index in [1.54, 1.807) is 6.92 Å². The maximum atomic E-state index is 13.3. The number of hydrogen-bond donors (Lipinski definition) is 0. The Balaban J connectivity index is 2.96. The van der Waals surface area contributed by atoms with Gasteiger partial charge in [0.2, 0.25) is 0 Å². The molecule has 0 amide bonds. The van der Waals surface area contributed by atoms with Crippen LogP contribution in [0.15, 0.2) is 18.2 Å². The number of halogens is 2. The van der Waals surface area contributed by atoms with Crippen molar-refractivity contribution in [3.05, 3.63) is 35.4 Å². The number of carbonyl (C=O) groups is 1. The number of carbonyl (C=O) groups excluding carboxylic acids is 1. The standard InChI is InChI=1S/C12H14F2O3S/c1-3-8(2)18(16,17)7-12(15)10-5-4-9(13)6-11(10)14/h4-6,8H,3,7H2,1-2H3. The molecule has 0 N–H and O–H groups in total. The molecule has 3 nitrogen and oxygen atoms in total. The Hall–Kier alpha value is -1.30. The monoisotopic (exact) mass is 276 g/mol. The minimum atomic E-state index is -3.59. The number of ketones is 1. The molecule has 0 spiro atoms. The van der Waals surface area contributed by atoms with Crippen LogP contribution in [0.1, 0.15) is 30.6 Å². The molecule has 0 saturated heterocycles. The van der Waals surface area contributed by atoms with Crippen LogP contribution in [-0.4, -0.2) is 25.2 Å². The minimum Gasteiger partial charge on any atom is -0.293 e. The van der Waals surface area contributed by atoms with Crippen molar-refractivity contribution < 1.29 is 22.0 Å². The number of rotatable bonds is 5. The zero-order valence-electron chi connectivity index (χ0n) is 10.1. The SMILES string of the molecule is CCC(C)S(=O)(=O)CC(=O)c1ccc(F)cc1F. The summed E-state index contributed by atoms with van der Waals surface area (Å²) in [5.41, 5.74) is -0.400. The van der Waals surface area contributed by atoms with Crippen LogP contribution < -0.4 is 0 Å². The fourth-order valence-corrected chi connectivity index (χ4v) is 2.69. The van der Waals surface area contributed by atoms with E-state index in [2.05, 4.69) is 0 Å². The lowest BCUT2D eigenvalue weighted by atomic mass is 10.1. The van der Waals surface area contributed by atoms with Gasteiger partial charge in [-0.3, -0.25) is 4.79 Å². The highest BCUT2D eigenvalue weighted by molar-refractivity contribution is 7.92. The van der Waals surface area contributed by atoms with Gasteiger partial charge in [-0.15, -0.1) is 0 Å². The van der Waals surface area contributed by atoms with Crippen LogP contribution in [0.25, 0.3) is 0 Å². The minimum absolute atomic E-state index is 0.377. The Kier molecular flexibility index (Phi) is 4.56. The molecular weight excluding hydrogens is 262 g/mol. The molecule has 6 heteroatoms. The summed E-state index contributed by atoms with van der Waals surface area (Å²) < 4.78 is 49.4. The fourth-order valence-electron chi connectivity index (χ4n) is 1.37. The first-order chi connectivity index (χ1) is 8.27. The van der Waals surface area contributed by atoms with E-state index < -0.39 is 43.8 Å². The van der Waals surface area contributed by atoms with Crippen molar-refractivity contribution in [3.63, 3.8) is 0 Å². The Morgan fingerprint density at radius 3 is 2.44 bits per heavy atom. The Bertz CT molecular complexity index is 552. The van der Waals surface area contributed by atoms with E-state index in [4.69, 9.17) is 0 Å². The summed E-state index contributed by atoms with van der Waals surface area (Å²) in [5.74, 6) is -3.47. The number of hydrogen-bond acceptors (Lipinski definition) is 3. The first-order valence-electron chi connectivity index (χ1n) is 5.47. The van der Waals surface area contributed by atoms with Gasteiger partial charge in [0.15, 0.2) is 15.6 Å². The van der Waals surface area contributed by atoms with E-state index in [-0.39, 0.29) is 0 Å². The molecule has 18 heavy (non-hydrogen) atoms. The predicted molar refractivity (Wildman–Crippen MR) is 64.2 cm³/mol. The topological polar surface area (TPSA) is 51.2 Å². The lowest BCUT2D eigenvalue weighted by Gasteiger charge is -2.10. The van der Waals surface area contributed by atoms with Crippen LogP contribution in [0.5, 0.6) is 0 Å². The molecule has 0 fully saturated rings. The van der Waals surface area contributed by atoms with Crippen molar-refractivity contribution in [2.45, 2.75) is 25.5 Å². The molecule has 0 aliphatic carbocycles. The van der Waals surface area contributed by atoms with Crippen LogP contribution >= 0.6 is 0 Å². The second-order valence-electron chi connectivity index (χ2n) is 4.07. The summed E-state index contributed by atoms with van der Waals surface area (Å²) in [7, 11) is -3.59. The van der Waals surface area contributed by atoms with Crippen LogP contribution in [0.4, 0.5) is 8.78 Å². The van der Waals surface area contributed by atoms with Gasteiger partial charge >= 0.3 is 0 Å². The summed E-state index contributed by atoms with van der Waals surface area (Å²) in [6.07, 6.45) is 0.377. The van der Waals surface area contributed by atoms with Crippen LogP contribution in [-0.2, 0) is 9.84 Å². The van der Waals surface area contributed by atoms with E-state index in [1.165, 1.54) is 6.92 Å². The van der Waals surface area contributed by atoms with Gasteiger partial charge in [0, 0.05) is 6.07 Å². The first kappa shape index (κ1) is 14.8.